The minimum atomic E-state index is -0.420. The Morgan fingerprint density at radius 2 is 1.75 bits per heavy atom. The van der Waals surface area contributed by atoms with Crippen LogP contribution in [0.25, 0.3) is 0 Å². The Morgan fingerprint density at radius 3 is 2.44 bits per heavy atom. The third kappa shape index (κ3) is 5.20. The number of carbonyl (C=O) groups is 2. The summed E-state index contributed by atoms with van der Waals surface area (Å²) in [7, 11) is 0. The Morgan fingerprint density at radius 1 is 1.03 bits per heavy atom. The molecule has 2 aliphatic rings. The highest BCUT2D eigenvalue weighted by atomic mass is 19.1. The summed E-state index contributed by atoms with van der Waals surface area (Å²) in [5, 5.41) is 0. The monoisotopic (exact) mass is 436 g/mol. The smallest absolute Gasteiger partial charge is 0.245 e. The lowest BCUT2D eigenvalue weighted by atomic mass is 9.88. The van der Waals surface area contributed by atoms with Crippen molar-refractivity contribution in [2.24, 2.45) is 11.8 Å². The predicted octanol–water partition coefficient (Wildman–Crippen LogP) is 4.61. The third-order valence-electron chi connectivity index (χ3n) is 6.78. The molecule has 1 atom stereocenters. The molecule has 0 aliphatic carbocycles. The van der Waals surface area contributed by atoms with Gasteiger partial charge in [0.2, 0.25) is 11.8 Å². The number of likely N-dealkylation sites (tertiary alicyclic amines) is 1. The van der Waals surface area contributed by atoms with Gasteiger partial charge in [-0.25, -0.2) is 4.39 Å². The van der Waals surface area contributed by atoms with Crippen molar-refractivity contribution in [1.82, 2.24) is 9.80 Å². The van der Waals surface area contributed by atoms with Gasteiger partial charge in [-0.2, -0.15) is 0 Å². The largest absolute Gasteiger partial charge is 0.341 e. The molecule has 170 valence electrons. The highest BCUT2D eigenvalue weighted by molar-refractivity contribution is 5.88. The molecular weight excluding hydrogens is 403 g/mol. The molecule has 0 radical (unpaired) electrons. The Bertz CT molecular complexity index is 966. The van der Waals surface area contributed by atoms with Crippen LogP contribution in [0.4, 0.5) is 4.39 Å². The fourth-order valence-corrected chi connectivity index (χ4v) is 5.04. The number of carbonyl (C=O) groups excluding carboxylic acids is 2. The zero-order chi connectivity index (χ0) is 22.7. The van der Waals surface area contributed by atoms with Crippen LogP contribution in [-0.4, -0.2) is 40.7 Å². The Balaban J connectivity index is 1.43. The van der Waals surface area contributed by atoms with Gasteiger partial charge in [-0.15, -0.1) is 0 Å². The zero-order valence-corrected chi connectivity index (χ0v) is 19.1. The average molecular weight is 437 g/mol. The summed E-state index contributed by atoms with van der Waals surface area (Å²) in [5.41, 5.74) is 3.33. The third-order valence-corrected chi connectivity index (χ3v) is 6.78. The molecule has 2 aromatic carbocycles. The Kier molecular flexibility index (Phi) is 6.92. The van der Waals surface area contributed by atoms with Crippen LogP contribution >= 0.6 is 0 Å². The second-order valence-electron chi connectivity index (χ2n) is 9.71. The maximum Gasteiger partial charge on any atom is 0.245 e. The van der Waals surface area contributed by atoms with E-state index < -0.39 is 6.04 Å². The molecule has 32 heavy (non-hydrogen) atoms. The lowest BCUT2D eigenvalue weighted by Crippen LogP contribution is -2.55. The highest BCUT2D eigenvalue weighted by Crippen LogP contribution is 2.28. The molecule has 1 unspecified atom stereocenters. The maximum atomic E-state index is 13.6. The minimum Gasteiger partial charge on any atom is -0.341 e. The fourth-order valence-electron chi connectivity index (χ4n) is 5.04. The van der Waals surface area contributed by atoms with Gasteiger partial charge in [-0.3, -0.25) is 9.59 Å². The molecule has 1 fully saturated rings. The van der Waals surface area contributed by atoms with Crippen molar-refractivity contribution in [3.8, 4) is 0 Å². The van der Waals surface area contributed by atoms with Gasteiger partial charge in [0.1, 0.15) is 11.9 Å². The summed E-state index contributed by atoms with van der Waals surface area (Å²) in [5.74, 6) is 0.647. The second kappa shape index (κ2) is 9.85. The van der Waals surface area contributed by atoms with Crippen LogP contribution in [0, 0.1) is 17.7 Å². The van der Waals surface area contributed by atoms with E-state index >= 15 is 0 Å². The molecule has 2 aliphatic heterocycles. The molecule has 4 nitrogen and oxygen atoms in total. The number of hydrogen-bond donors (Lipinski definition) is 0. The normalized spacial score (nSPS) is 19.2. The van der Waals surface area contributed by atoms with Crippen LogP contribution in [0.3, 0.4) is 0 Å². The number of fused-ring (bicyclic) bond motifs is 1. The number of benzene rings is 2. The SMILES string of the molecule is CC(C)CC(=O)N1Cc2ccccc2CC1C(=O)N1CCC(Cc2cccc(F)c2)CC1. The first-order valence-electron chi connectivity index (χ1n) is 11.8. The lowest BCUT2D eigenvalue weighted by molar-refractivity contribution is -0.148. The first-order chi connectivity index (χ1) is 15.4. The molecule has 4 rings (SSSR count). The van der Waals surface area contributed by atoms with Gasteiger partial charge < -0.3 is 9.80 Å². The summed E-state index contributed by atoms with van der Waals surface area (Å²) in [6.07, 6.45) is 3.70. The molecular formula is C27H33FN2O2. The lowest BCUT2D eigenvalue weighted by Gasteiger charge is -2.41. The molecule has 2 amide bonds. The first-order valence-corrected chi connectivity index (χ1v) is 11.8. The van der Waals surface area contributed by atoms with E-state index in [1.807, 2.05) is 41.8 Å². The molecule has 0 aromatic heterocycles. The van der Waals surface area contributed by atoms with E-state index in [4.69, 9.17) is 0 Å². The van der Waals surface area contributed by atoms with Gasteiger partial charge in [-0.05, 0) is 59.9 Å². The van der Waals surface area contributed by atoms with Crippen molar-refractivity contribution in [3.05, 3.63) is 71.0 Å². The molecule has 1 saturated heterocycles. The molecule has 0 saturated carbocycles. The Labute approximate surface area is 190 Å². The highest BCUT2D eigenvalue weighted by Gasteiger charge is 2.37. The van der Waals surface area contributed by atoms with Gasteiger partial charge in [0.25, 0.3) is 0 Å². The second-order valence-corrected chi connectivity index (χ2v) is 9.71. The van der Waals surface area contributed by atoms with Crippen molar-refractivity contribution in [3.63, 3.8) is 0 Å². The van der Waals surface area contributed by atoms with Crippen LogP contribution in [0.1, 0.15) is 49.8 Å². The van der Waals surface area contributed by atoms with E-state index in [-0.39, 0.29) is 23.5 Å². The maximum absolute atomic E-state index is 13.6. The number of amides is 2. The molecule has 5 heteroatoms. The van der Waals surface area contributed by atoms with Crippen molar-refractivity contribution in [2.75, 3.05) is 13.1 Å². The summed E-state index contributed by atoms with van der Waals surface area (Å²) < 4.78 is 13.5. The fraction of sp³-hybridized carbons (Fsp3) is 0.481. The van der Waals surface area contributed by atoms with Crippen LogP contribution in [0.15, 0.2) is 48.5 Å². The van der Waals surface area contributed by atoms with Crippen molar-refractivity contribution in [2.45, 2.75) is 58.5 Å². The molecule has 0 spiro atoms. The van der Waals surface area contributed by atoms with E-state index in [2.05, 4.69) is 12.1 Å². The summed E-state index contributed by atoms with van der Waals surface area (Å²) in [4.78, 5) is 30.3. The summed E-state index contributed by atoms with van der Waals surface area (Å²) in [6, 6.07) is 14.5. The van der Waals surface area contributed by atoms with Crippen LogP contribution in [0.5, 0.6) is 0 Å². The van der Waals surface area contributed by atoms with E-state index in [1.54, 1.807) is 12.1 Å². The van der Waals surface area contributed by atoms with Crippen LogP contribution < -0.4 is 0 Å². The van der Waals surface area contributed by atoms with Crippen molar-refractivity contribution < 1.29 is 14.0 Å². The number of halogens is 1. The molecule has 0 N–H and O–H groups in total. The van der Waals surface area contributed by atoms with Gasteiger partial charge in [0.05, 0.1) is 0 Å². The minimum absolute atomic E-state index is 0.0637. The quantitative estimate of drug-likeness (QED) is 0.687. The standard InChI is InChI=1S/C27H33FN2O2/c1-19(2)14-26(31)30-18-23-8-4-3-7-22(23)17-25(30)27(32)29-12-10-20(11-13-29)15-21-6-5-9-24(28)16-21/h3-9,16,19-20,25H,10-15,17-18H2,1-2H3. The molecule has 2 aromatic rings. The summed E-state index contributed by atoms with van der Waals surface area (Å²) in [6.45, 7) is 5.98. The average Bonchev–Trinajstić information content (AvgIpc) is 2.78. The Hall–Kier alpha value is -2.69. The molecule has 2 heterocycles. The first kappa shape index (κ1) is 22.5. The van der Waals surface area contributed by atoms with Crippen molar-refractivity contribution >= 4 is 11.8 Å². The zero-order valence-electron chi connectivity index (χ0n) is 19.1. The van der Waals surface area contributed by atoms with Gasteiger partial charge in [-0.1, -0.05) is 50.2 Å². The number of piperidine rings is 1. The predicted molar refractivity (Wildman–Crippen MR) is 123 cm³/mol. The van der Waals surface area contributed by atoms with Gasteiger partial charge in [0, 0.05) is 32.5 Å². The molecule has 0 bridgehead atoms. The van der Waals surface area contributed by atoms with E-state index in [0.717, 1.165) is 30.4 Å². The van der Waals surface area contributed by atoms with Crippen molar-refractivity contribution in [1.29, 1.82) is 0 Å². The van der Waals surface area contributed by atoms with Gasteiger partial charge in [0.15, 0.2) is 0 Å². The number of hydrogen-bond acceptors (Lipinski definition) is 2. The van der Waals surface area contributed by atoms with Gasteiger partial charge >= 0.3 is 0 Å². The topological polar surface area (TPSA) is 40.6 Å². The van der Waals surface area contributed by atoms with E-state index in [1.165, 1.54) is 11.6 Å². The van der Waals surface area contributed by atoms with Crippen LogP contribution in [0.2, 0.25) is 0 Å². The van der Waals surface area contributed by atoms with E-state index in [0.29, 0.717) is 38.4 Å². The van der Waals surface area contributed by atoms with E-state index in [9.17, 15) is 14.0 Å². The summed E-state index contributed by atoms with van der Waals surface area (Å²) >= 11 is 0. The number of rotatable bonds is 5. The number of nitrogens with zero attached hydrogens (tertiary/aromatic N) is 2. The van der Waals surface area contributed by atoms with Crippen LogP contribution in [-0.2, 0) is 29.0 Å².